The molecule has 0 aliphatic carbocycles. The van der Waals surface area contributed by atoms with Crippen LogP contribution in [0.5, 0.6) is 0 Å². The molecule has 2 fully saturated rings. The molecule has 1 amide bonds. The molecule has 1 aromatic rings. The standard InChI is InChI=1S/C13H18N2O2/c1-2-10-3-4-12(17-10)13(16)15-7-9-5-6-14-11(9)8-15/h3-4,9,11,14H,2,5-8H2,1H3/t9-,11+/m0/s1. The Balaban J connectivity index is 1.70. The minimum atomic E-state index is 0.0425. The van der Waals surface area contributed by atoms with E-state index in [9.17, 15) is 4.79 Å². The average Bonchev–Trinajstić information content (AvgIpc) is 3.02. The fourth-order valence-electron chi connectivity index (χ4n) is 2.85. The third-order valence-electron chi connectivity index (χ3n) is 3.87. The molecule has 92 valence electrons. The van der Waals surface area contributed by atoms with Crippen molar-refractivity contribution in [3.8, 4) is 0 Å². The van der Waals surface area contributed by atoms with Crippen molar-refractivity contribution in [1.82, 2.24) is 10.2 Å². The fourth-order valence-corrected chi connectivity index (χ4v) is 2.85. The predicted octanol–water partition coefficient (Wildman–Crippen LogP) is 1.28. The topological polar surface area (TPSA) is 45.5 Å². The summed E-state index contributed by atoms with van der Waals surface area (Å²) >= 11 is 0. The summed E-state index contributed by atoms with van der Waals surface area (Å²) in [4.78, 5) is 14.1. The highest BCUT2D eigenvalue weighted by Crippen LogP contribution is 2.26. The number of likely N-dealkylation sites (tertiary alicyclic amines) is 1. The molecule has 2 aliphatic rings. The molecule has 0 spiro atoms. The summed E-state index contributed by atoms with van der Waals surface area (Å²) in [6, 6.07) is 4.19. The second-order valence-electron chi connectivity index (χ2n) is 4.94. The number of aryl methyl sites for hydroxylation is 1. The molecule has 3 rings (SSSR count). The lowest BCUT2D eigenvalue weighted by atomic mass is 10.1. The molecule has 1 N–H and O–H groups in total. The molecule has 17 heavy (non-hydrogen) atoms. The molecule has 4 heteroatoms. The van der Waals surface area contributed by atoms with E-state index in [2.05, 4.69) is 5.32 Å². The van der Waals surface area contributed by atoms with Crippen LogP contribution in [0.4, 0.5) is 0 Å². The number of hydrogen-bond acceptors (Lipinski definition) is 3. The highest BCUT2D eigenvalue weighted by Gasteiger charge is 2.38. The van der Waals surface area contributed by atoms with Gasteiger partial charge in [0.1, 0.15) is 5.76 Å². The van der Waals surface area contributed by atoms with Crippen LogP contribution in [0.25, 0.3) is 0 Å². The molecule has 3 heterocycles. The van der Waals surface area contributed by atoms with Gasteiger partial charge >= 0.3 is 0 Å². The average molecular weight is 234 g/mol. The van der Waals surface area contributed by atoms with Gasteiger partial charge in [-0.05, 0) is 31.0 Å². The van der Waals surface area contributed by atoms with E-state index in [-0.39, 0.29) is 5.91 Å². The fraction of sp³-hybridized carbons (Fsp3) is 0.615. The highest BCUT2D eigenvalue weighted by molar-refractivity contribution is 5.91. The third-order valence-corrected chi connectivity index (χ3v) is 3.87. The Bertz CT molecular complexity index is 415. The Labute approximate surface area is 101 Å². The molecule has 2 saturated heterocycles. The molecule has 4 nitrogen and oxygen atoms in total. The van der Waals surface area contributed by atoms with Gasteiger partial charge in [-0.2, -0.15) is 0 Å². The number of furan rings is 1. The zero-order chi connectivity index (χ0) is 11.8. The van der Waals surface area contributed by atoms with E-state index >= 15 is 0 Å². The van der Waals surface area contributed by atoms with Crippen molar-refractivity contribution in [2.75, 3.05) is 19.6 Å². The SMILES string of the molecule is CCc1ccc(C(=O)N2C[C@@H]3CCN[C@@H]3C2)o1. The molecule has 0 unspecified atom stereocenters. The Morgan fingerprint density at radius 3 is 3.12 bits per heavy atom. The maximum Gasteiger partial charge on any atom is 0.289 e. The highest BCUT2D eigenvalue weighted by atomic mass is 16.4. The number of nitrogens with one attached hydrogen (secondary N) is 1. The number of nitrogens with zero attached hydrogens (tertiary/aromatic N) is 1. The summed E-state index contributed by atoms with van der Waals surface area (Å²) in [5.74, 6) is 2.05. The van der Waals surface area contributed by atoms with Crippen LogP contribution in [0.3, 0.4) is 0 Å². The number of hydrogen-bond donors (Lipinski definition) is 1. The zero-order valence-electron chi connectivity index (χ0n) is 10.1. The summed E-state index contributed by atoms with van der Waals surface area (Å²) in [5, 5.41) is 3.45. The Hall–Kier alpha value is -1.29. The maximum absolute atomic E-state index is 12.2. The van der Waals surface area contributed by atoms with Crippen molar-refractivity contribution >= 4 is 5.91 Å². The van der Waals surface area contributed by atoms with E-state index in [0.29, 0.717) is 17.7 Å². The van der Waals surface area contributed by atoms with Crippen LogP contribution in [0.1, 0.15) is 29.7 Å². The van der Waals surface area contributed by atoms with E-state index in [1.54, 1.807) is 6.07 Å². The van der Waals surface area contributed by atoms with Crippen LogP contribution in [0.2, 0.25) is 0 Å². The van der Waals surface area contributed by atoms with Crippen LogP contribution >= 0.6 is 0 Å². The smallest absolute Gasteiger partial charge is 0.289 e. The normalized spacial score (nSPS) is 27.5. The number of fused-ring (bicyclic) bond motifs is 1. The summed E-state index contributed by atoms with van der Waals surface area (Å²) in [6.07, 6.45) is 2.02. The van der Waals surface area contributed by atoms with Gasteiger partial charge in [-0.3, -0.25) is 4.79 Å². The zero-order valence-corrected chi connectivity index (χ0v) is 10.1. The minimum absolute atomic E-state index is 0.0425. The van der Waals surface area contributed by atoms with Crippen molar-refractivity contribution in [3.05, 3.63) is 23.7 Å². The molecule has 1 aromatic heterocycles. The van der Waals surface area contributed by atoms with E-state index in [4.69, 9.17) is 4.42 Å². The first-order valence-electron chi connectivity index (χ1n) is 6.39. The van der Waals surface area contributed by atoms with Gasteiger partial charge in [0, 0.05) is 25.6 Å². The number of amides is 1. The van der Waals surface area contributed by atoms with Crippen LogP contribution in [-0.4, -0.2) is 36.5 Å². The van der Waals surface area contributed by atoms with Crippen molar-refractivity contribution in [1.29, 1.82) is 0 Å². The van der Waals surface area contributed by atoms with Crippen molar-refractivity contribution in [2.45, 2.75) is 25.8 Å². The van der Waals surface area contributed by atoms with Crippen LogP contribution in [0, 0.1) is 5.92 Å². The first-order chi connectivity index (χ1) is 8.28. The second kappa shape index (κ2) is 4.18. The van der Waals surface area contributed by atoms with Gasteiger partial charge in [0.2, 0.25) is 0 Å². The van der Waals surface area contributed by atoms with Crippen LogP contribution in [-0.2, 0) is 6.42 Å². The maximum atomic E-state index is 12.2. The summed E-state index contributed by atoms with van der Waals surface area (Å²) in [7, 11) is 0. The lowest BCUT2D eigenvalue weighted by Gasteiger charge is -2.15. The molecule has 2 atom stereocenters. The quantitative estimate of drug-likeness (QED) is 0.838. The van der Waals surface area contributed by atoms with Crippen LogP contribution < -0.4 is 5.32 Å². The van der Waals surface area contributed by atoms with Gasteiger partial charge in [-0.15, -0.1) is 0 Å². The van der Waals surface area contributed by atoms with E-state index in [1.165, 1.54) is 6.42 Å². The monoisotopic (exact) mass is 234 g/mol. The van der Waals surface area contributed by atoms with Gasteiger partial charge in [-0.1, -0.05) is 6.92 Å². The van der Waals surface area contributed by atoms with Crippen molar-refractivity contribution < 1.29 is 9.21 Å². The third kappa shape index (κ3) is 1.86. The number of carbonyl (C=O) groups is 1. The Morgan fingerprint density at radius 2 is 2.41 bits per heavy atom. The lowest BCUT2D eigenvalue weighted by molar-refractivity contribution is 0.0749. The molecular weight excluding hydrogens is 216 g/mol. The Morgan fingerprint density at radius 1 is 1.53 bits per heavy atom. The molecule has 0 bridgehead atoms. The van der Waals surface area contributed by atoms with Gasteiger partial charge in [-0.25, -0.2) is 0 Å². The second-order valence-corrected chi connectivity index (χ2v) is 4.94. The molecule has 0 aromatic carbocycles. The largest absolute Gasteiger partial charge is 0.456 e. The lowest BCUT2D eigenvalue weighted by Crippen LogP contribution is -2.33. The van der Waals surface area contributed by atoms with Crippen molar-refractivity contribution in [3.63, 3.8) is 0 Å². The van der Waals surface area contributed by atoms with Gasteiger partial charge < -0.3 is 14.6 Å². The summed E-state index contributed by atoms with van der Waals surface area (Å²) in [5.41, 5.74) is 0. The Kier molecular flexibility index (Phi) is 2.67. The first kappa shape index (κ1) is 10.8. The number of carbonyl (C=O) groups excluding carboxylic acids is 1. The predicted molar refractivity (Wildman–Crippen MR) is 63.9 cm³/mol. The van der Waals surface area contributed by atoms with Gasteiger partial charge in [0.05, 0.1) is 0 Å². The number of rotatable bonds is 2. The summed E-state index contributed by atoms with van der Waals surface area (Å²) in [6.45, 7) is 4.82. The first-order valence-corrected chi connectivity index (χ1v) is 6.39. The van der Waals surface area contributed by atoms with E-state index in [0.717, 1.165) is 31.8 Å². The van der Waals surface area contributed by atoms with Crippen LogP contribution in [0.15, 0.2) is 16.5 Å². The minimum Gasteiger partial charge on any atom is -0.456 e. The molecule has 0 saturated carbocycles. The molecule has 0 radical (unpaired) electrons. The van der Waals surface area contributed by atoms with E-state index < -0.39 is 0 Å². The molecular formula is C13H18N2O2. The summed E-state index contributed by atoms with van der Waals surface area (Å²) < 4.78 is 5.52. The van der Waals surface area contributed by atoms with Crippen molar-refractivity contribution in [2.24, 2.45) is 5.92 Å². The van der Waals surface area contributed by atoms with Gasteiger partial charge in [0.25, 0.3) is 5.91 Å². The van der Waals surface area contributed by atoms with E-state index in [1.807, 2.05) is 17.9 Å². The molecule has 2 aliphatic heterocycles. The van der Waals surface area contributed by atoms with Gasteiger partial charge in [0.15, 0.2) is 5.76 Å².